The molecule has 0 saturated carbocycles. The van der Waals surface area contributed by atoms with Crippen molar-refractivity contribution in [1.29, 1.82) is 10.5 Å². The number of aromatic nitrogens is 2. The lowest BCUT2D eigenvalue weighted by Crippen LogP contribution is -2.27. The van der Waals surface area contributed by atoms with Crippen LogP contribution in [0.1, 0.15) is 32.9 Å². The second-order valence-corrected chi connectivity index (χ2v) is 8.90. The van der Waals surface area contributed by atoms with Crippen LogP contribution in [0.3, 0.4) is 0 Å². The minimum absolute atomic E-state index is 0.0505. The largest absolute Gasteiger partial charge is 0.491 e. The number of methoxy groups -OCH3 is 1. The number of fused-ring (bicyclic) bond motifs is 1. The Morgan fingerprint density at radius 2 is 1.85 bits per heavy atom. The van der Waals surface area contributed by atoms with Crippen molar-refractivity contribution in [3.05, 3.63) is 92.0 Å². The number of aryl methyl sites for hydroxylation is 1. The monoisotopic (exact) mass is 566 g/mol. The molecule has 12 heteroatoms. The summed E-state index contributed by atoms with van der Waals surface area (Å²) in [6.45, 7) is 1.30. The van der Waals surface area contributed by atoms with E-state index in [0.29, 0.717) is 22.2 Å². The van der Waals surface area contributed by atoms with Gasteiger partial charge in [0, 0.05) is 16.1 Å². The lowest BCUT2D eigenvalue weighted by molar-refractivity contribution is -0.137. The lowest BCUT2D eigenvalue weighted by Gasteiger charge is -2.16. The minimum atomic E-state index is -4.71. The van der Waals surface area contributed by atoms with Crippen LogP contribution in [0.15, 0.2) is 53.3 Å². The van der Waals surface area contributed by atoms with E-state index in [4.69, 9.17) is 21.1 Å². The number of rotatable bonds is 6. The summed E-state index contributed by atoms with van der Waals surface area (Å²) in [4.78, 5) is 29.5. The van der Waals surface area contributed by atoms with Gasteiger partial charge in [0.2, 0.25) is 0 Å². The quantitative estimate of drug-likeness (QED) is 0.277. The average Bonchev–Trinajstić information content (AvgIpc) is 2.93. The molecule has 0 fully saturated rings. The van der Waals surface area contributed by atoms with Crippen LogP contribution >= 0.6 is 11.6 Å². The summed E-state index contributed by atoms with van der Waals surface area (Å²) in [6.07, 6.45) is -4.71. The molecule has 3 aromatic carbocycles. The molecule has 0 aliphatic carbocycles. The predicted octanol–water partition coefficient (Wildman–Crippen LogP) is 5.65. The van der Waals surface area contributed by atoms with E-state index in [2.05, 4.69) is 4.98 Å². The van der Waals surface area contributed by atoms with E-state index in [1.807, 2.05) is 6.07 Å². The molecule has 4 rings (SSSR count). The molecule has 0 unspecified atom stereocenters. The molecule has 0 radical (unpaired) electrons. The van der Waals surface area contributed by atoms with Gasteiger partial charge in [0.05, 0.1) is 46.8 Å². The number of alkyl halides is 3. The fourth-order valence-corrected chi connectivity index (χ4v) is 4.41. The minimum Gasteiger partial charge on any atom is -0.491 e. The molecule has 0 bridgehead atoms. The van der Waals surface area contributed by atoms with E-state index in [-0.39, 0.29) is 46.8 Å². The number of halogens is 4. The van der Waals surface area contributed by atoms with Gasteiger partial charge < -0.3 is 9.47 Å². The number of benzene rings is 3. The van der Waals surface area contributed by atoms with Crippen molar-refractivity contribution in [2.24, 2.45) is 0 Å². The summed E-state index contributed by atoms with van der Waals surface area (Å²) in [5, 5.41) is 19.3. The molecule has 0 N–H and O–H groups in total. The van der Waals surface area contributed by atoms with Crippen LogP contribution in [0, 0.1) is 29.6 Å². The Labute approximate surface area is 230 Å². The molecule has 1 aromatic heterocycles. The maximum Gasteiger partial charge on any atom is 0.416 e. The fraction of sp³-hybridized carbons (Fsp3) is 0.179. The molecular weight excluding hydrogens is 549 g/mol. The standard InChI is InChI=1S/C28H18ClF3N4O4/c1-15-35-23-11-17(28(30,31)32)10-16(13-33)25(23)26(37)36(15)8-9-40-24-7-6-18(29)12-21(24)19-4-3-5-20(22(19)14-34)27(38)39-2/h3-7,10-12H,8-9H2,1-2H3. The smallest absolute Gasteiger partial charge is 0.416 e. The number of carbonyl (C=O) groups is 1. The highest BCUT2D eigenvalue weighted by Crippen LogP contribution is 2.36. The van der Waals surface area contributed by atoms with Crippen LogP contribution in [0.4, 0.5) is 13.2 Å². The molecule has 40 heavy (non-hydrogen) atoms. The van der Waals surface area contributed by atoms with Crippen molar-refractivity contribution < 1.29 is 27.4 Å². The first-order valence-electron chi connectivity index (χ1n) is 11.6. The Balaban J connectivity index is 1.70. The first-order valence-corrected chi connectivity index (χ1v) is 11.9. The van der Waals surface area contributed by atoms with Crippen molar-refractivity contribution in [3.63, 3.8) is 0 Å². The third-order valence-corrected chi connectivity index (χ3v) is 6.32. The molecule has 1 heterocycles. The highest BCUT2D eigenvalue weighted by molar-refractivity contribution is 6.31. The SMILES string of the molecule is COC(=O)c1cccc(-c2cc(Cl)ccc2OCCn2c(C)nc3cc(C(F)(F)F)cc(C#N)c3c2=O)c1C#N. The molecule has 0 aliphatic heterocycles. The Morgan fingerprint density at radius 3 is 2.50 bits per heavy atom. The zero-order valence-electron chi connectivity index (χ0n) is 21.0. The lowest BCUT2D eigenvalue weighted by atomic mass is 9.95. The normalized spacial score (nSPS) is 11.1. The number of nitriles is 2. The average molecular weight is 567 g/mol. The number of nitrogens with zero attached hydrogens (tertiary/aromatic N) is 4. The summed E-state index contributed by atoms with van der Waals surface area (Å²) in [5.41, 5.74) is -1.57. The third kappa shape index (κ3) is 5.33. The maximum atomic E-state index is 13.3. The molecule has 0 aliphatic rings. The molecule has 0 amide bonds. The van der Waals surface area contributed by atoms with Crippen molar-refractivity contribution in [1.82, 2.24) is 9.55 Å². The van der Waals surface area contributed by atoms with E-state index in [9.17, 15) is 33.3 Å². The number of hydrogen-bond donors (Lipinski definition) is 0. The summed E-state index contributed by atoms with van der Waals surface area (Å²) in [7, 11) is 1.20. The van der Waals surface area contributed by atoms with E-state index in [0.717, 1.165) is 6.07 Å². The van der Waals surface area contributed by atoms with Crippen LogP contribution in [0.2, 0.25) is 5.02 Å². The Bertz CT molecular complexity index is 1800. The second kappa shape index (κ2) is 11.1. The molecule has 202 valence electrons. The van der Waals surface area contributed by atoms with E-state index in [1.54, 1.807) is 36.4 Å². The summed E-state index contributed by atoms with van der Waals surface area (Å²) >= 11 is 6.21. The van der Waals surface area contributed by atoms with E-state index < -0.39 is 28.8 Å². The van der Waals surface area contributed by atoms with Gasteiger partial charge in [-0.05, 0) is 43.3 Å². The molecule has 0 atom stereocenters. The van der Waals surface area contributed by atoms with Gasteiger partial charge in [0.25, 0.3) is 5.56 Å². The molecule has 0 spiro atoms. The third-order valence-electron chi connectivity index (χ3n) is 6.08. The Hall–Kier alpha value is -4.87. The number of hydrogen-bond acceptors (Lipinski definition) is 7. The van der Waals surface area contributed by atoms with Gasteiger partial charge in [-0.15, -0.1) is 0 Å². The molecule has 0 saturated heterocycles. The van der Waals surface area contributed by atoms with Crippen LogP contribution in [-0.4, -0.2) is 29.2 Å². The van der Waals surface area contributed by atoms with Crippen LogP contribution in [-0.2, 0) is 17.5 Å². The highest BCUT2D eigenvalue weighted by atomic mass is 35.5. The molecule has 8 nitrogen and oxygen atoms in total. The van der Waals surface area contributed by atoms with Gasteiger partial charge in [-0.25, -0.2) is 9.78 Å². The fourth-order valence-electron chi connectivity index (χ4n) is 4.23. The van der Waals surface area contributed by atoms with Gasteiger partial charge in [0.15, 0.2) is 0 Å². The van der Waals surface area contributed by atoms with Crippen LogP contribution < -0.4 is 10.3 Å². The van der Waals surface area contributed by atoms with Gasteiger partial charge in [-0.3, -0.25) is 9.36 Å². The molecular formula is C28H18ClF3N4O4. The summed E-state index contributed by atoms with van der Waals surface area (Å²) in [6, 6.07) is 14.3. The van der Waals surface area contributed by atoms with E-state index >= 15 is 0 Å². The van der Waals surface area contributed by atoms with Crippen molar-refractivity contribution >= 4 is 28.5 Å². The van der Waals surface area contributed by atoms with E-state index in [1.165, 1.54) is 24.7 Å². The Morgan fingerprint density at radius 1 is 1.10 bits per heavy atom. The van der Waals surface area contributed by atoms with Crippen molar-refractivity contribution in [3.8, 4) is 29.0 Å². The van der Waals surface area contributed by atoms with Gasteiger partial charge in [-0.2, -0.15) is 23.7 Å². The highest BCUT2D eigenvalue weighted by Gasteiger charge is 2.32. The van der Waals surface area contributed by atoms with Crippen LogP contribution in [0.5, 0.6) is 5.75 Å². The second-order valence-electron chi connectivity index (χ2n) is 8.46. The van der Waals surface area contributed by atoms with Crippen molar-refractivity contribution in [2.45, 2.75) is 19.6 Å². The zero-order chi connectivity index (χ0) is 29.2. The van der Waals surface area contributed by atoms with Gasteiger partial charge >= 0.3 is 12.1 Å². The summed E-state index contributed by atoms with van der Waals surface area (Å²) in [5.74, 6) is -0.284. The van der Waals surface area contributed by atoms with Crippen LogP contribution in [0.25, 0.3) is 22.0 Å². The summed E-state index contributed by atoms with van der Waals surface area (Å²) < 4.78 is 51.7. The first kappa shape index (κ1) is 28.1. The number of carbonyl (C=O) groups excluding carboxylic acids is 1. The zero-order valence-corrected chi connectivity index (χ0v) is 21.7. The number of ether oxygens (including phenoxy) is 2. The van der Waals surface area contributed by atoms with Gasteiger partial charge in [-0.1, -0.05) is 23.7 Å². The molecule has 4 aromatic rings. The van der Waals surface area contributed by atoms with Gasteiger partial charge in [0.1, 0.15) is 30.3 Å². The Kier molecular flexibility index (Phi) is 7.80. The first-order chi connectivity index (χ1) is 19.0. The maximum absolute atomic E-state index is 13.3. The van der Waals surface area contributed by atoms with Crippen molar-refractivity contribution in [2.75, 3.05) is 13.7 Å². The predicted molar refractivity (Wildman–Crippen MR) is 139 cm³/mol. The number of esters is 1. The topological polar surface area (TPSA) is 118 Å².